The average molecular weight is 455 g/mol. The van der Waals surface area contributed by atoms with Crippen LogP contribution in [0, 0.1) is 5.92 Å². The molecule has 2 saturated heterocycles. The molecule has 1 N–H and O–H groups in total. The Hall–Kier alpha value is -3.11. The highest BCUT2D eigenvalue weighted by Crippen LogP contribution is 2.35. The van der Waals surface area contributed by atoms with Crippen molar-refractivity contribution in [1.29, 1.82) is 0 Å². The number of carbonyl (C=O) groups excluding carboxylic acids is 1. The van der Waals surface area contributed by atoms with E-state index in [1.165, 1.54) is 11.1 Å². The van der Waals surface area contributed by atoms with Crippen LogP contribution in [0.1, 0.15) is 48.3 Å². The Bertz CT molecular complexity index is 1050. The summed E-state index contributed by atoms with van der Waals surface area (Å²) in [5.74, 6) is 1.48. The number of fused-ring (bicyclic) bond motifs is 1. The monoisotopic (exact) mass is 454 g/mol. The molecule has 1 amide bonds. The van der Waals surface area contributed by atoms with Crippen molar-refractivity contribution >= 4 is 5.91 Å². The Morgan fingerprint density at radius 2 is 1.50 bits per heavy atom. The standard InChI is InChI=1S/C30H34N2O2/c33-29-14-8-7-13-26(29)22-31-19-18-28-25(21-31)15-16-30(34)32(28)20-17-27(23-9-3-1-4-10-23)24-11-5-2-6-12-24/h1-14,25,27-28,33H,15-22H2/t25-,28+/m1/s1. The SMILES string of the molecule is O=C1CC[C@@H]2CN(Cc3ccccc3O)CC[C@@H]2N1CCC(c1ccccc1)c1ccccc1. The molecule has 2 atom stereocenters. The third-order valence-electron chi connectivity index (χ3n) is 7.68. The number of carbonyl (C=O) groups is 1. The van der Waals surface area contributed by atoms with E-state index >= 15 is 0 Å². The zero-order chi connectivity index (χ0) is 23.3. The molecule has 2 aliphatic rings. The van der Waals surface area contributed by atoms with E-state index in [0.29, 0.717) is 30.0 Å². The van der Waals surface area contributed by atoms with Crippen LogP contribution in [0.4, 0.5) is 0 Å². The smallest absolute Gasteiger partial charge is 0.222 e. The van der Waals surface area contributed by atoms with E-state index in [4.69, 9.17) is 0 Å². The lowest BCUT2D eigenvalue weighted by molar-refractivity contribution is -0.141. The zero-order valence-electron chi connectivity index (χ0n) is 19.7. The van der Waals surface area contributed by atoms with Gasteiger partial charge in [-0.1, -0.05) is 78.9 Å². The first-order valence-electron chi connectivity index (χ1n) is 12.6. The summed E-state index contributed by atoms with van der Waals surface area (Å²) in [7, 11) is 0. The normalized spacial score (nSPS) is 21.0. The van der Waals surface area contributed by atoms with Gasteiger partial charge in [-0.15, -0.1) is 0 Å². The van der Waals surface area contributed by atoms with E-state index in [1.807, 2.05) is 18.2 Å². The minimum atomic E-state index is 0.289. The van der Waals surface area contributed by atoms with E-state index in [9.17, 15) is 9.90 Å². The summed E-state index contributed by atoms with van der Waals surface area (Å²) in [6.07, 6.45) is 3.56. The maximum Gasteiger partial charge on any atom is 0.222 e. The van der Waals surface area contributed by atoms with Crippen LogP contribution in [0.3, 0.4) is 0 Å². The highest BCUT2D eigenvalue weighted by molar-refractivity contribution is 5.77. The maximum atomic E-state index is 13.0. The van der Waals surface area contributed by atoms with Gasteiger partial charge in [-0.25, -0.2) is 0 Å². The van der Waals surface area contributed by atoms with Gasteiger partial charge in [0.2, 0.25) is 5.91 Å². The quantitative estimate of drug-likeness (QED) is 0.518. The minimum absolute atomic E-state index is 0.289. The van der Waals surface area contributed by atoms with E-state index in [1.54, 1.807) is 6.07 Å². The fraction of sp³-hybridized carbons (Fsp3) is 0.367. The van der Waals surface area contributed by atoms with Crippen molar-refractivity contribution in [3.63, 3.8) is 0 Å². The third-order valence-corrected chi connectivity index (χ3v) is 7.68. The fourth-order valence-electron chi connectivity index (χ4n) is 5.91. The van der Waals surface area contributed by atoms with Gasteiger partial charge in [0.1, 0.15) is 5.75 Å². The van der Waals surface area contributed by atoms with Crippen molar-refractivity contribution in [3.8, 4) is 5.75 Å². The number of piperidine rings is 2. The Labute approximate surface area is 202 Å². The van der Waals surface area contributed by atoms with Gasteiger partial charge in [0, 0.05) is 50.1 Å². The molecule has 0 aliphatic carbocycles. The summed E-state index contributed by atoms with van der Waals surface area (Å²) in [6.45, 7) is 3.52. The third kappa shape index (κ3) is 5.02. The van der Waals surface area contributed by atoms with Gasteiger partial charge in [0.25, 0.3) is 0 Å². The molecule has 0 radical (unpaired) electrons. The number of phenols is 1. The maximum absolute atomic E-state index is 13.0. The first-order valence-corrected chi connectivity index (χ1v) is 12.6. The number of hydrogen-bond donors (Lipinski definition) is 1. The summed E-state index contributed by atoms with van der Waals surface area (Å²) >= 11 is 0. The number of benzene rings is 3. The molecule has 0 unspecified atom stereocenters. The lowest BCUT2D eigenvalue weighted by atomic mass is 9.82. The van der Waals surface area contributed by atoms with Gasteiger partial charge in [0.05, 0.1) is 0 Å². The molecular weight excluding hydrogens is 420 g/mol. The van der Waals surface area contributed by atoms with Gasteiger partial charge in [0.15, 0.2) is 0 Å². The van der Waals surface area contributed by atoms with Gasteiger partial charge in [-0.3, -0.25) is 9.69 Å². The Kier molecular flexibility index (Phi) is 6.96. The average Bonchev–Trinajstić information content (AvgIpc) is 2.88. The van der Waals surface area contributed by atoms with Crippen molar-refractivity contribution in [3.05, 3.63) is 102 Å². The first-order chi connectivity index (χ1) is 16.7. The summed E-state index contributed by atoms with van der Waals surface area (Å²) < 4.78 is 0. The molecule has 2 aliphatic heterocycles. The van der Waals surface area contributed by atoms with E-state index in [0.717, 1.165) is 51.0 Å². The van der Waals surface area contributed by atoms with Gasteiger partial charge >= 0.3 is 0 Å². The molecule has 0 aromatic heterocycles. The van der Waals surface area contributed by atoms with E-state index in [2.05, 4.69) is 70.5 Å². The number of phenolic OH excluding ortho intramolecular Hbond substituents is 1. The summed E-state index contributed by atoms with van der Waals surface area (Å²) in [5, 5.41) is 10.2. The van der Waals surface area contributed by atoms with Gasteiger partial charge < -0.3 is 10.0 Å². The number of hydrogen-bond acceptors (Lipinski definition) is 3. The van der Waals surface area contributed by atoms with Crippen LogP contribution in [-0.4, -0.2) is 46.5 Å². The molecule has 3 aromatic rings. The predicted octanol–water partition coefficient (Wildman–Crippen LogP) is 5.43. The van der Waals surface area contributed by atoms with Crippen LogP contribution >= 0.6 is 0 Å². The molecule has 2 fully saturated rings. The van der Waals surface area contributed by atoms with Crippen LogP contribution in [0.25, 0.3) is 0 Å². The van der Waals surface area contributed by atoms with E-state index < -0.39 is 0 Å². The van der Waals surface area contributed by atoms with Crippen molar-refractivity contribution in [2.45, 2.75) is 44.2 Å². The van der Waals surface area contributed by atoms with Crippen LogP contribution < -0.4 is 0 Å². The Morgan fingerprint density at radius 1 is 0.853 bits per heavy atom. The van der Waals surface area contributed by atoms with Crippen molar-refractivity contribution in [1.82, 2.24) is 9.80 Å². The molecule has 176 valence electrons. The summed E-state index contributed by atoms with van der Waals surface area (Å²) in [6, 6.07) is 29.3. The first kappa shape index (κ1) is 22.7. The fourth-order valence-corrected chi connectivity index (χ4v) is 5.91. The molecule has 4 heteroatoms. The molecular formula is C30H34N2O2. The number of aromatic hydroxyl groups is 1. The molecule has 3 aromatic carbocycles. The second kappa shape index (κ2) is 10.4. The lowest BCUT2D eigenvalue weighted by Crippen LogP contribution is -2.56. The second-order valence-electron chi connectivity index (χ2n) is 9.77. The molecule has 2 heterocycles. The van der Waals surface area contributed by atoms with Crippen molar-refractivity contribution in [2.75, 3.05) is 19.6 Å². The minimum Gasteiger partial charge on any atom is -0.508 e. The summed E-state index contributed by atoms with van der Waals surface area (Å²) in [4.78, 5) is 17.7. The number of likely N-dealkylation sites (tertiary alicyclic amines) is 2. The highest BCUT2D eigenvalue weighted by Gasteiger charge is 2.39. The van der Waals surface area contributed by atoms with Crippen molar-refractivity contribution < 1.29 is 9.90 Å². The Balaban J connectivity index is 1.27. The number of amides is 1. The molecule has 34 heavy (non-hydrogen) atoms. The molecule has 5 rings (SSSR count). The molecule has 0 saturated carbocycles. The zero-order valence-corrected chi connectivity index (χ0v) is 19.7. The number of rotatable bonds is 7. The number of para-hydroxylation sites is 1. The van der Waals surface area contributed by atoms with Crippen LogP contribution in [-0.2, 0) is 11.3 Å². The summed E-state index contributed by atoms with van der Waals surface area (Å²) in [5.41, 5.74) is 3.61. The topological polar surface area (TPSA) is 43.8 Å². The highest BCUT2D eigenvalue weighted by atomic mass is 16.3. The largest absolute Gasteiger partial charge is 0.508 e. The number of nitrogens with zero attached hydrogens (tertiary/aromatic N) is 2. The lowest BCUT2D eigenvalue weighted by Gasteiger charge is -2.47. The van der Waals surface area contributed by atoms with E-state index in [-0.39, 0.29) is 5.92 Å². The van der Waals surface area contributed by atoms with Crippen molar-refractivity contribution in [2.24, 2.45) is 5.92 Å². The van der Waals surface area contributed by atoms with Crippen LogP contribution in [0.15, 0.2) is 84.9 Å². The molecule has 0 spiro atoms. The Morgan fingerprint density at radius 3 is 2.18 bits per heavy atom. The molecule has 4 nitrogen and oxygen atoms in total. The molecule has 0 bridgehead atoms. The van der Waals surface area contributed by atoms with Gasteiger partial charge in [-0.05, 0) is 42.4 Å². The van der Waals surface area contributed by atoms with Crippen LogP contribution in [0.5, 0.6) is 5.75 Å². The second-order valence-corrected chi connectivity index (χ2v) is 9.77. The van der Waals surface area contributed by atoms with Gasteiger partial charge in [-0.2, -0.15) is 0 Å². The predicted molar refractivity (Wildman–Crippen MR) is 136 cm³/mol. The van der Waals surface area contributed by atoms with Crippen LogP contribution in [0.2, 0.25) is 0 Å².